The highest BCUT2D eigenvalue weighted by Crippen LogP contribution is 2.36. The molecular weight excluding hydrogens is 382 g/mol. The molecule has 0 aliphatic carbocycles. The van der Waals surface area contributed by atoms with Crippen LogP contribution in [0.15, 0.2) is 66.9 Å². The highest BCUT2D eigenvalue weighted by molar-refractivity contribution is 6.02. The first-order valence-corrected chi connectivity index (χ1v) is 10.7. The highest BCUT2D eigenvalue weighted by Gasteiger charge is 2.21. The molecule has 4 nitrogen and oxygen atoms in total. The van der Waals surface area contributed by atoms with E-state index < -0.39 is 0 Å². The molecule has 3 aromatic heterocycles. The van der Waals surface area contributed by atoms with Gasteiger partial charge in [0.15, 0.2) is 0 Å². The number of hydrogen-bond acceptors (Lipinski definition) is 2. The molecule has 31 heavy (non-hydrogen) atoms. The third kappa shape index (κ3) is 3.02. The van der Waals surface area contributed by atoms with Gasteiger partial charge in [0.25, 0.3) is 0 Å². The van der Waals surface area contributed by atoms with Crippen LogP contribution >= 0.6 is 0 Å². The SMILES string of the molecule is COc1ccc(C(C)n2c(C)c3c(C)nn4cc(-c5ccccc5)cc4c3c2C)cc1. The molecule has 0 aliphatic rings. The first-order valence-electron chi connectivity index (χ1n) is 10.7. The van der Waals surface area contributed by atoms with Crippen molar-refractivity contribution in [3.63, 3.8) is 0 Å². The van der Waals surface area contributed by atoms with Crippen LogP contribution in [0.5, 0.6) is 5.75 Å². The molecule has 5 rings (SSSR count). The molecule has 0 spiro atoms. The highest BCUT2D eigenvalue weighted by atomic mass is 16.5. The van der Waals surface area contributed by atoms with Gasteiger partial charge >= 0.3 is 0 Å². The molecule has 3 heterocycles. The first-order chi connectivity index (χ1) is 15.0. The van der Waals surface area contributed by atoms with Crippen molar-refractivity contribution in [1.82, 2.24) is 14.2 Å². The third-order valence-electron chi connectivity index (χ3n) is 6.47. The minimum Gasteiger partial charge on any atom is -0.497 e. The van der Waals surface area contributed by atoms with Crippen molar-refractivity contribution in [2.24, 2.45) is 0 Å². The van der Waals surface area contributed by atoms with E-state index in [2.05, 4.69) is 80.9 Å². The Bertz CT molecular complexity index is 1390. The van der Waals surface area contributed by atoms with Gasteiger partial charge in [0.05, 0.1) is 24.4 Å². The van der Waals surface area contributed by atoms with Crippen molar-refractivity contribution in [1.29, 1.82) is 0 Å². The van der Waals surface area contributed by atoms with Gasteiger partial charge in [0.1, 0.15) is 5.75 Å². The van der Waals surface area contributed by atoms with E-state index in [1.54, 1.807) is 7.11 Å². The number of aromatic nitrogens is 3. The van der Waals surface area contributed by atoms with Crippen molar-refractivity contribution in [3.8, 4) is 16.9 Å². The average molecular weight is 410 g/mol. The van der Waals surface area contributed by atoms with E-state index in [4.69, 9.17) is 9.84 Å². The van der Waals surface area contributed by atoms with E-state index in [1.807, 2.05) is 22.7 Å². The van der Waals surface area contributed by atoms with Crippen LogP contribution in [0.3, 0.4) is 0 Å². The van der Waals surface area contributed by atoms with Gasteiger partial charge in [-0.25, -0.2) is 4.52 Å². The van der Waals surface area contributed by atoms with Gasteiger partial charge in [-0.2, -0.15) is 5.10 Å². The molecule has 0 aliphatic heterocycles. The van der Waals surface area contributed by atoms with Crippen LogP contribution in [0.4, 0.5) is 0 Å². The summed E-state index contributed by atoms with van der Waals surface area (Å²) in [7, 11) is 1.70. The topological polar surface area (TPSA) is 31.5 Å². The summed E-state index contributed by atoms with van der Waals surface area (Å²) in [4.78, 5) is 0. The zero-order chi connectivity index (χ0) is 21.7. The molecule has 0 N–H and O–H groups in total. The van der Waals surface area contributed by atoms with E-state index in [0.717, 1.165) is 17.0 Å². The molecular formula is C27H27N3O. The number of ether oxygens (including phenoxy) is 1. The van der Waals surface area contributed by atoms with Crippen LogP contribution in [0.2, 0.25) is 0 Å². The molecule has 156 valence electrons. The molecule has 0 fully saturated rings. The molecule has 1 atom stereocenters. The lowest BCUT2D eigenvalue weighted by Gasteiger charge is -2.19. The zero-order valence-electron chi connectivity index (χ0n) is 18.7. The number of fused-ring (bicyclic) bond motifs is 3. The van der Waals surface area contributed by atoms with Crippen LogP contribution in [0, 0.1) is 20.8 Å². The van der Waals surface area contributed by atoms with E-state index in [0.29, 0.717) is 0 Å². The summed E-state index contributed by atoms with van der Waals surface area (Å²) >= 11 is 0. The van der Waals surface area contributed by atoms with Crippen LogP contribution < -0.4 is 4.74 Å². The largest absolute Gasteiger partial charge is 0.497 e. The van der Waals surface area contributed by atoms with E-state index in [1.165, 1.54) is 38.9 Å². The van der Waals surface area contributed by atoms with Crippen LogP contribution in [0.25, 0.3) is 27.4 Å². The van der Waals surface area contributed by atoms with Crippen molar-refractivity contribution in [2.45, 2.75) is 33.7 Å². The monoisotopic (exact) mass is 409 g/mol. The summed E-state index contributed by atoms with van der Waals surface area (Å²) in [5, 5.41) is 7.44. The second-order valence-electron chi connectivity index (χ2n) is 8.25. The van der Waals surface area contributed by atoms with Crippen molar-refractivity contribution >= 4 is 16.3 Å². The molecule has 0 amide bonds. The van der Waals surface area contributed by atoms with Gasteiger partial charge in [-0.3, -0.25) is 0 Å². The second kappa shape index (κ2) is 7.31. The first kappa shape index (κ1) is 19.4. The second-order valence-corrected chi connectivity index (χ2v) is 8.25. The lowest BCUT2D eigenvalue weighted by molar-refractivity contribution is 0.414. The summed E-state index contributed by atoms with van der Waals surface area (Å²) in [5.41, 5.74) is 8.39. The maximum Gasteiger partial charge on any atom is 0.118 e. The molecule has 0 radical (unpaired) electrons. The number of benzene rings is 2. The number of hydrogen-bond donors (Lipinski definition) is 0. The fourth-order valence-corrected chi connectivity index (χ4v) is 4.94. The van der Waals surface area contributed by atoms with Crippen LogP contribution in [0.1, 0.15) is 35.6 Å². The van der Waals surface area contributed by atoms with Gasteiger partial charge in [-0.15, -0.1) is 0 Å². The standard InChI is InChI=1S/C27H27N3O/c1-17-26-19(3)30(18(2)21-11-13-24(31-5)14-12-21)20(4)27(26)25-15-23(16-29(25)28-17)22-9-7-6-8-10-22/h6-16,18H,1-5H3. The zero-order valence-corrected chi connectivity index (χ0v) is 18.7. The average Bonchev–Trinajstić information content (AvgIpc) is 3.33. The van der Waals surface area contributed by atoms with Crippen LogP contribution in [-0.2, 0) is 0 Å². The van der Waals surface area contributed by atoms with Gasteiger partial charge in [-0.1, -0.05) is 42.5 Å². The minimum atomic E-state index is 0.210. The number of methoxy groups -OCH3 is 1. The predicted molar refractivity (Wildman–Crippen MR) is 127 cm³/mol. The van der Waals surface area contributed by atoms with Gasteiger partial charge < -0.3 is 9.30 Å². The molecule has 4 heteroatoms. The number of rotatable bonds is 4. The lowest BCUT2D eigenvalue weighted by atomic mass is 10.1. The fourth-order valence-electron chi connectivity index (χ4n) is 4.94. The van der Waals surface area contributed by atoms with Crippen LogP contribution in [-0.4, -0.2) is 21.3 Å². The quantitative estimate of drug-likeness (QED) is 0.339. The van der Waals surface area contributed by atoms with Crippen molar-refractivity contribution in [2.75, 3.05) is 7.11 Å². The number of nitrogens with zero attached hydrogens (tertiary/aromatic N) is 3. The lowest BCUT2D eigenvalue weighted by Crippen LogP contribution is -2.10. The fraction of sp³-hybridized carbons (Fsp3) is 0.222. The third-order valence-corrected chi connectivity index (χ3v) is 6.47. The molecule has 0 bridgehead atoms. The molecule has 0 saturated heterocycles. The summed E-state index contributed by atoms with van der Waals surface area (Å²) < 4.78 is 9.81. The van der Waals surface area contributed by atoms with E-state index in [9.17, 15) is 0 Å². The normalized spacial score (nSPS) is 12.5. The Morgan fingerprint density at radius 2 is 1.52 bits per heavy atom. The molecule has 5 aromatic rings. The Hall–Kier alpha value is -3.53. The van der Waals surface area contributed by atoms with Crippen molar-refractivity contribution in [3.05, 3.63) is 89.5 Å². The Morgan fingerprint density at radius 3 is 2.19 bits per heavy atom. The van der Waals surface area contributed by atoms with E-state index in [-0.39, 0.29) is 6.04 Å². The van der Waals surface area contributed by atoms with Gasteiger partial charge in [0, 0.05) is 33.9 Å². The van der Waals surface area contributed by atoms with Gasteiger partial charge in [-0.05, 0) is 57.0 Å². The summed E-state index contributed by atoms with van der Waals surface area (Å²) in [5.74, 6) is 0.880. The number of aryl methyl sites for hydroxylation is 3. The Labute approximate surface area is 182 Å². The summed E-state index contributed by atoms with van der Waals surface area (Å²) in [6.07, 6.45) is 2.14. The maximum absolute atomic E-state index is 5.33. The molecule has 1 unspecified atom stereocenters. The Balaban J connectivity index is 1.73. The van der Waals surface area contributed by atoms with Gasteiger partial charge in [0.2, 0.25) is 0 Å². The smallest absolute Gasteiger partial charge is 0.118 e. The van der Waals surface area contributed by atoms with E-state index >= 15 is 0 Å². The molecule has 0 saturated carbocycles. The summed E-state index contributed by atoms with van der Waals surface area (Å²) in [6.45, 7) is 8.80. The minimum absolute atomic E-state index is 0.210. The predicted octanol–water partition coefficient (Wildman–Crippen LogP) is 6.50. The maximum atomic E-state index is 5.33. The summed E-state index contributed by atoms with van der Waals surface area (Å²) in [6, 6.07) is 21.3. The van der Waals surface area contributed by atoms with Crippen molar-refractivity contribution < 1.29 is 4.74 Å². The molecule has 2 aromatic carbocycles. The Kier molecular flexibility index (Phi) is 4.58. The Morgan fingerprint density at radius 1 is 0.839 bits per heavy atom.